The number of hydrogen-bond donors (Lipinski definition) is 2. The molecule has 0 aliphatic carbocycles. The van der Waals surface area contributed by atoms with Crippen LogP contribution in [0.1, 0.15) is 28.7 Å². The van der Waals surface area contributed by atoms with Gasteiger partial charge in [-0.1, -0.05) is 23.4 Å². The lowest BCUT2D eigenvalue weighted by molar-refractivity contribution is 0.427. The van der Waals surface area contributed by atoms with E-state index in [4.69, 9.17) is 0 Å². The average Bonchev–Trinajstić information content (AvgIpc) is 2.10. The van der Waals surface area contributed by atoms with Gasteiger partial charge in [-0.25, -0.2) is 0 Å². The molecule has 2 N–H and O–H groups in total. The van der Waals surface area contributed by atoms with Crippen LogP contribution in [0.3, 0.4) is 0 Å². The SMILES string of the molecule is C.C.CNC1NC(C)(C)CP1. The van der Waals surface area contributed by atoms with E-state index >= 15 is 0 Å². The Labute approximate surface area is 73.3 Å². The first-order chi connectivity index (χ1) is 4.14. The molecule has 2 unspecified atom stereocenters. The molecule has 0 aromatic heterocycles. The van der Waals surface area contributed by atoms with Crippen molar-refractivity contribution in [1.29, 1.82) is 0 Å². The van der Waals surface area contributed by atoms with Gasteiger partial charge in [0.05, 0.1) is 5.91 Å². The lowest BCUT2D eigenvalue weighted by atomic mass is 10.1. The van der Waals surface area contributed by atoms with Crippen LogP contribution in [-0.2, 0) is 0 Å². The van der Waals surface area contributed by atoms with E-state index in [0.29, 0.717) is 11.4 Å². The van der Waals surface area contributed by atoms with Crippen molar-refractivity contribution in [3.8, 4) is 0 Å². The molecule has 2 nitrogen and oxygen atoms in total. The van der Waals surface area contributed by atoms with Gasteiger partial charge in [-0.05, 0) is 27.1 Å². The average molecular weight is 178 g/mol. The highest BCUT2D eigenvalue weighted by molar-refractivity contribution is 7.39. The summed E-state index contributed by atoms with van der Waals surface area (Å²) in [4.78, 5) is 0. The van der Waals surface area contributed by atoms with Gasteiger partial charge in [0, 0.05) is 5.54 Å². The molecule has 0 spiro atoms. The Morgan fingerprint density at radius 3 is 2.18 bits per heavy atom. The van der Waals surface area contributed by atoms with Gasteiger partial charge in [-0.3, -0.25) is 5.32 Å². The number of rotatable bonds is 1. The molecule has 1 aliphatic heterocycles. The van der Waals surface area contributed by atoms with E-state index in [9.17, 15) is 0 Å². The minimum atomic E-state index is 0. The zero-order chi connectivity index (χ0) is 6.91. The first kappa shape index (κ1) is 13.9. The van der Waals surface area contributed by atoms with Gasteiger partial charge in [0.1, 0.15) is 0 Å². The van der Waals surface area contributed by atoms with Crippen LogP contribution in [0.15, 0.2) is 0 Å². The molecule has 70 valence electrons. The third-order valence-electron chi connectivity index (χ3n) is 1.57. The van der Waals surface area contributed by atoms with Crippen LogP contribution in [0.25, 0.3) is 0 Å². The molecule has 11 heavy (non-hydrogen) atoms. The van der Waals surface area contributed by atoms with Gasteiger partial charge < -0.3 is 5.32 Å². The molecule has 0 saturated carbocycles. The number of nitrogens with one attached hydrogen (secondary N) is 2. The van der Waals surface area contributed by atoms with Crippen molar-refractivity contribution in [3.05, 3.63) is 0 Å². The van der Waals surface area contributed by atoms with Crippen molar-refractivity contribution in [2.24, 2.45) is 0 Å². The van der Waals surface area contributed by atoms with Crippen LogP contribution in [0.4, 0.5) is 0 Å². The predicted molar refractivity (Wildman–Crippen MR) is 56.7 cm³/mol. The summed E-state index contributed by atoms with van der Waals surface area (Å²) in [7, 11) is 3.03. The molecule has 0 bridgehead atoms. The maximum absolute atomic E-state index is 3.48. The molecule has 0 aromatic rings. The van der Waals surface area contributed by atoms with Crippen LogP contribution in [0.5, 0.6) is 0 Å². The van der Waals surface area contributed by atoms with Gasteiger partial charge in [0.15, 0.2) is 0 Å². The predicted octanol–water partition coefficient (Wildman–Crippen LogP) is 1.82. The highest BCUT2D eigenvalue weighted by Crippen LogP contribution is 2.29. The molecule has 0 radical (unpaired) electrons. The summed E-state index contributed by atoms with van der Waals surface area (Å²) < 4.78 is 0. The second-order valence-corrected chi connectivity index (χ2v) is 4.47. The summed E-state index contributed by atoms with van der Waals surface area (Å²) in [5.74, 6) is 0.569. The number of hydrogen-bond acceptors (Lipinski definition) is 2. The van der Waals surface area contributed by atoms with Crippen molar-refractivity contribution in [2.45, 2.75) is 40.1 Å². The minimum absolute atomic E-state index is 0. The first-order valence-electron chi connectivity index (χ1n) is 3.32. The molecule has 0 aromatic carbocycles. The smallest absolute Gasteiger partial charge is 0.0745 e. The molecular formula is C8H23N2P. The Balaban J connectivity index is 0. The monoisotopic (exact) mass is 178 g/mol. The lowest BCUT2D eigenvalue weighted by Gasteiger charge is -2.18. The summed E-state index contributed by atoms with van der Waals surface area (Å²) in [6, 6.07) is 0. The van der Waals surface area contributed by atoms with Crippen LogP contribution in [0.2, 0.25) is 0 Å². The molecule has 0 amide bonds. The fraction of sp³-hybridized carbons (Fsp3) is 1.00. The van der Waals surface area contributed by atoms with E-state index in [1.54, 1.807) is 0 Å². The maximum atomic E-state index is 3.48. The second-order valence-electron chi connectivity index (χ2n) is 3.13. The van der Waals surface area contributed by atoms with E-state index in [-0.39, 0.29) is 14.9 Å². The summed E-state index contributed by atoms with van der Waals surface area (Å²) in [6.07, 6.45) is 1.30. The molecule has 1 aliphatic rings. The van der Waals surface area contributed by atoms with Crippen molar-refractivity contribution < 1.29 is 0 Å². The lowest BCUT2D eigenvalue weighted by Crippen LogP contribution is -2.43. The van der Waals surface area contributed by atoms with Gasteiger partial charge in [-0.15, -0.1) is 0 Å². The molecule has 1 fully saturated rings. The maximum Gasteiger partial charge on any atom is 0.0745 e. The molecule has 1 rings (SSSR count). The Kier molecular flexibility index (Phi) is 6.42. The van der Waals surface area contributed by atoms with Crippen molar-refractivity contribution >= 4 is 8.58 Å². The quantitative estimate of drug-likeness (QED) is 0.598. The Morgan fingerprint density at radius 1 is 1.45 bits per heavy atom. The van der Waals surface area contributed by atoms with Crippen LogP contribution in [0, 0.1) is 0 Å². The van der Waals surface area contributed by atoms with Crippen LogP contribution >= 0.6 is 8.58 Å². The van der Waals surface area contributed by atoms with Crippen molar-refractivity contribution in [3.63, 3.8) is 0 Å². The first-order valence-corrected chi connectivity index (χ1v) is 4.61. The second kappa shape index (κ2) is 5.08. The molecule has 1 saturated heterocycles. The fourth-order valence-corrected chi connectivity index (χ4v) is 2.54. The molecule has 2 atom stereocenters. The van der Waals surface area contributed by atoms with E-state index in [0.717, 1.165) is 8.58 Å². The van der Waals surface area contributed by atoms with E-state index in [1.165, 1.54) is 6.16 Å². The summed E-state index contributed by atoms with van der Waals surface area (Å²) in [5.41, 5.74) is 0.367. The van der Waals surface area contributed by atoms with Gasteiger partial charge in [-0.2, -0.15) is 0 Å². The van der Waals surface area contributed by atoms with Crippen molar-refractivity contribution in [1.82, 2.24) is 10.6 Å². The summed E-state index contributed by atoms with van der Waals surface area (Å²) in [6.45, 7) is 4.49. The summed E-state index contributed by atoms with van der Waals surface area (Å²) in [5, 5.41) is 6.70. The highest BCUT2D eigenvalue weighted by atomic mass is 31.1. The normalized spacial score (nSPS) is 29.2. The third-order valence-corrected chi connectivity index (χ3v) is 3.50. The van der Waals surface area contributed by atoms with Crippen LogP contribution < -0.4 is 10.6 Å². The zero-order valence-electron chi connectivity index (χ0n) is 6.28. The Hall–Kier alpha value is 0.350. The fourth-order valence-electron chi connectivity index (χ4n) is 1.02. The highest BCUT2D eigenvalue weighted by Gasteiger charge is 2.28. The molecule has 1 heterocycles. The standard InChI is InChI=1S/C6H15N2P.2CH4/c1-6(2)4-9-5(7-3)8-6;;/h5,7-9H,4H2,1-3H3;2*1H4. The Bertz CT molecular complexity index is 104. The van der Waals surface area contributed by atoms with E-state index < -0.39 is 0 Å². The third kappa shape index (κ3) is 4.05. The van der Waals surface area contributed by atoms with E-state index in [1.807, 2.05) is 7.05 Å². The van der Waals surface area contributed by atoms with Crippen LogP contribution in [-0.4, -0.2) is 24.7 Å². The van der Waals surface area contributed by atoms with Crippen molar-refractivity contribution in [2.75, 3.05) is 13.2 Å². The van der Waals surface area contributed by atoms with Gasteiger partial charge in [0.25, 0.3) is 0 Å². The van der Waals surface area contributed by atoms with Gasteiger partial charge >= 0.3 is 0 Å². The minimum Gasteiger partial charge on any atom is -0.302 e. The largest absolute Gasteiger partial charge is 0.302 e. The van der Waals surface area contributed by atoms with Gasteiger partial charge in [0.2, 0.25) is 0 Å². The summed E-state index contributed by atoms with van der Waals surface area (Å²) >= 11 is 0. The van der Waals surface area contributed by atoms with E-state index in [2.05, 4.69) is 24.5 Å². The topological polar surface area (TPSA) is 24.1 Å². The zero-order valence-corrected chi connectivity index (χ0v) is 7.28. The molecular weight excluding hydrogens is 155 g/mol. The Morgan fingerprint density at radius 2 is 2.00 bits per heavy atom. The molecule has 3 heteroatoms.